The molecular formula is C13H18F2N2O3. The molecule has 5 nitrogen and oxygen atoms in total. The van der Waals surface area contributed by atoms with Gasteiger partial charge in [0.2, 0.25) is 0 Å². The maximum absolute atomic E-state index is 12.1. The molecule has 20 heavy (non-hydrogen) atoms. The van der Waals surface area contributed by atoms with Crippen molar-refractivity contribution in [3.05, 3.63) is 29.0 Å². The Bertz CT molecular complexity index is 473. The van der Waals surface area contributed by atoms with Crippen LogP contribution < -0.4 is 16.2 Å². The molecule has 0 unspecified atom stereocenters. The van der Waals surface area contributed by atoms with Crippen LogP contribution in [0.25, 0.3) is 6.08 Å². The van der Waals surface area contributed by atoms with Gasteiger partial charge in [-0.2, -0.15) is 8.78 Å². The molecule has 0 atom stereocenters. The van der Waals surface area contributed by atoms with Crippen molar-refractivity contribution in [2.45, 2.75) is 20.5 Å². The van der Waals surface area contributed by atoms with E-state index in [-0.39, 0.29) is 11.4 Å². The molecule has 0 amide bonds. The molecule has 0 fully saturated rings. The molecule has 0 aliphatic carbocycles. The first-order valence-corrected chi connectivity index (χ1v) is 5.57. The maximum atomic E-state index is 12.1. The van der Waals surface area contributed by atoms with Gasteiger partial charge in [-0.1, -0.05) is 0 Å². The fraction of sp³-hybridized carbons (Fsp3) is 0.308. The summed E-state index contributed by atoms with van der Waals surface area (Å²) in [6.07, 6.45) is 1.61. The first kappa shape index (κ1) is 17.7. The Labute approximate surface area is 116 Å². The van der Waals surface area contributed by atoms with Gasteiger partial charge < -0.3 is 20.9 Å². The van der Waals surface area contributed by atoms with Crippen LogP contribution in [0.2, 0.25) is 0 Å². The SMILES string of the molecule is C/C(N)=C/c1cc(C)cc(OC(F)F)c1N.COC=O. The van der Waals surface area contributed by atoms with E-state index >= 15 is 0 Å². The number of methoxy groups -OCH3 is 1. The minimum Gasteiger partial charge on any atom is -0.471 e. The lowest BCUT2D eigenvalue weighted by Crippen LogP contribution is -2.06. The number of benzene rings is 1. The summed E-state index contributed by atoms with van der Waals surface area (Å²) in [5.41, 5.74) is 13.3. The molecule has 4 N–H and O–H groups in total. The Hall–Kier alpha value is -2.31. The van der Waals surface area contributed by atoms with E-state index in [1.165, 1.54) is 13.2 Å². The maximum Gasteiger partial charge on any atom is 0.387 e. The molecule has 112 valence electrons. The number of aryl methyl sites for hydroxylation is 1. The summed E-state index contributed by atoms with van der Waals surface area (Å²) in [5, 5.41) is 0. The summed E-state index contributed by atoms with van der Waals surface area (Å²) in [6, 6.07) is 3.22. The highest BCUT2D eigenvalue weighted by Crippen LogP contribution is 2.29. The second-order valence-corrected chi connectivity index (χ2v) is 3.86. The van der Waals surface area contributed by atoms with Crippen molar-refractivity contribution < 1.29 is 23.0 Å². The summed E-state index contributed by atoms with van der Waals surface area (Å²) in [7, 11) is 1.31. The Morgan fingerprint density at radius 3 is 2.35 bits per heavy atom. The minimum atomic E-state index is -2.89. The van der Waals surface area contributed by atoms with E-state index in [9.17, 15) is 8.78 Å². The zero-order valence-corrected chi connectivity index (χ0v) is 11.5. The van der Waals surface area contributed by atoms with Crippen molar-refractivity contribution in [1.29, 1.82) is 0 Å². The predicted octanol–water partition coefficient (Wildman–Crippen LogP) is 2.29. The second kappa shape index (κ2) is 8.73. The van der Waals surface area contributed by atoms with Crippen LogP contribution in [-0.4, -0.2) is 20.2 Å². The Kier molecular flexibility index (Phi) is 7.72. The van der Waals surface area contributed by atoms with Crippen LogP contribution in [0.5, 0.6) is 5.75 Å². The summed E-state index contributed by atoms with van der Waals surface area (Å²) >= 11 is 0. The van der Waals surface area contributed by atoms with E-state index in [0.29, 0.717) is 17.7 Å². The van der Waals surface area contributed by atoms with Crippen LogP contribution in [0.4, 0.5) is 14.5 Å². The van der Waals surface area contributed by atoms with Crippen LogP contribution >= 0.6 is 0 Å². The zero-order chi connectivity index (χ0) is 15.7. The molecular weight excluding hydrogens is 270 g/mol. The fourth-order valence-electron chi connectivity index (χ4n) is 1.35. The molecule has 0 aromatic heterocycles. The second-order valence-electron chi connectivity index (χ2n) is 3.86. The van der Waals surface area contributed by atoms with Gasteiger partial charge in [-0.15, -0.1) is 0 Å². The highest BCUT2D eigenvalue weighted by Gasteiger charge is 2.11. The third kappa shape index (κ3) is 6.58. The molecule has 0 heterocycles. The molecule has 0 saturated carbocycles. The summed E-state index contributed by atoms with van der Waals surface area (Å²) in [5.74, 6) is -0.0255. The van der Waals surface area contributed by atoms with Gasteiger partial charge in [0.25, 0.3) is 6.47 Å². The quantitative estimate of drug-likeness (QED) is 0.655. The predicted molar refractivity (Wildman–Crippen MR) is 73.1 cm³/mol. The molecule has 0 radical (unpaired) electrons. The van der Waals surface area contributed by atoms with E-state index in [4.69, 9.17) is 16.3 Å². The van der Waals surface area contributed by atoms with Gasteiger partial charge in [-0.3, -0.25) is 4.79 Å². The molecule has 0 aliphatic heterocycles. The first-order valence-electron chi connectivity index (χ1n) is 5.57. The molecule has 0 bridgehead atoms. The van der Waals surface area contributed by atoms with Gasteiger partial charge in [0, 0.05) is 11.3 Å². The van der Waals surface area contributed by atoms with Crippen molar-refractivity contribution in [3.8, 4) is 5.75 Å². The number of hydrogen-bond acceptors (Lipinski definition) is 5. The van der Waals surface area contributed by atoms with Crippen LogP contribution in [0, 0.1) is 6.92 Å². The lowest BCUT2D eigenvalue weighted by Gasteiger charge is -2.11. The van der Waals surface area contributed by atoms with Crippen molar-refractivity contribution in [2.24, 2.45) is 5.73 Å². The van der Waals surface area contributed by atoms with Gasteiger partial charge in [0.1, 0.15) is 5.75 Å². The first-order chi connectivity index (χ1) is 9.31. The van der Waals surface area contributed by atoms with Gasteiger partial charge in [0.15, 0.2) is 0 Å². The van der Waals surface area contributed by atoms with Crippen molar-refractivity contribution >= 4 is 18.2 Å². The Morgan fingerprint density at radius 1 is 1.40 bits per heavy atom. The van der Waals surface area contributed by atoms with E-state index < -0.39 is 6.61 Å². The topological polar surface area (TPSA) is 87.6 Å². The lowest BCUT2D eigenvalue weighted by atomic mass is 10.1. The lowest BCUT2D eigenvalue weighted by molar-refractivity contribution is -0.126. The van der Waals surface area contributed by atoms with Crippen LogP contribution in [0.15, 0.2) is 17.8 Å². The highest BCUT2D eigenvalue weighted by atomic mass is 19.3. The highest BCUT2D eigenvalue weighted by molar-refractivity contribution is 5.72. The number of alkyl halides is 2. The van der Waals surface area contributed by atoms with E-state index in [2.05, 4.69) is 9.47 Å². The molecule has 1 aromatic carbocycles. The Morgan fingerprint density at radius 2 is 1.95 bits per heavy atom. The third-order valence-corrected chi connectivity index (χ3v) is 2.01. The number of carbonyl (C=O) groups is 1. The standard InChI is InChI=1S/C11H14F2N2O.C2H4O2/c1-6-3-8(5-7(2)14)10(15)9(4-6)16-11(12)13;1-4-2-3/h3-5,11H,14-15H2,1-2H3;2H,1H3/b7-5-;. The summed E-state index contributed by atoms with van der Waals surface area (Å²) < 4.78 is 32.4. The van der Waals surface area contributed by atoms with Crippen LogP contribution in [0.3, 0.4) is 0 Å². The third-order valence-electron chi connectivity index (χ3n) is 2.01. The van der Waals surface area contributed by atoms with Crippen LogP contribution in [0.1, 0.15) is 18.1 Å². The smallest absolute Gasteiger partial charge is 0.387 e. The van der Waals surface area contributed by atoms with Gasteiger partial charge in [-0.25, -0.2) is 0 Å². The number of nitrogens with two attached hydrogens (primary N) is 2. The molecule has 0 saturated heterocycles. The number of rotatable bonds is 4. The summed E-state index contributed by atoms with van der Waals surface area (Å²) in [4.78, 5) is 8.95. The van der Waals surface area contributed by atoms with Crippen molar-refractivity contribution in [3.63, 3.8) is 0 Å². The van der Waals surface area contributed by atoms with Gasteiger partial charge in [0.05, 0.1) is 12.8 Å². The monoisotopic (exact) mass is 288 g/mol. The molecule has 0 aliphatic rings. The number of carbonyl (C=O) groups excluding carboxylic acids is 1. The minimum absolute atomic E-state index is 0.0255. The number of halogens is 2. The van der Waals surface area contributed by atoms with Gasteiger partial charge in [-0.05, 0) is 37.6 Å². The molecule has 0 spiro atoms. The van der Waals surface area contributed by atoms with Crippen LogP contribution in [-0.2, 0) is 9.53 Å². The zero-order valence-electron chi connectivity index (χ0n) is 11.5. The number of anilines is 1. The molecule has 7 heteroatoms. The number of allylic oxidation sites excluding steroid dienone is 1. The fourth-order valence-corrected chi connectivity index (χ4v) is 1.35. The normalized spacial score (nSPS) is 10.6. The largest absolute Gasteiger partial charge is 0.471 e. The van der Waals surface area contributed by atoms with E-state index in [0.717, 1.165) is 5.56 Å². The molecule has 1 aromatic rings. The van der Waals surface area contributed by atoms with Gasteiger partial charge >= 0.3 is 6.61 Å². The van der Waals surface area contributed by atoms with Crippen molar-refractivity contribution in [1.82, 2.24) is 0 Å². The van der Waals surface area contributed by atoms with E-state index in [1.54, 1.807) is 26.0 Å². The average Bonchev–Trinajstić information content (AvgIpc) is 2.34. The average molecular weight is 288 g/mol. The number of nitrogen functional groups attached to an aromatic ring is 1. The molecule has 1 rings (SSSR count). The van der Waals surface area contributed by atoms with E-state index in [1.807, 2.05) is 0 Å². The number of hydrogen-bond donors (Lipinski definition) is 2. The van der Waals surface area contributed by atoms with Crippen molar-refractivity contribution in [2.75, 3.05) is 12.8 Å². The Balaban J connectivity index is 0.000000796. The number of ether oxygens (including phenoxy) is 2. The summed E-state index contributed by atoms with van der Waals surface area (Å²) in [6.45, 7) is 0.941.